The minimum Gasteiger partial charge on any atom is -0.484 e. The van der Waals surface area contributed by atoms with Gasteiger partial charge >= 0.3 is 0 Å². The lowest BCUT2D eigenvalue weighted by Crippen LogP contribution is -2.20. The van der Waals surface area contributed by atoms with Crippen LogP contribution in [-0.4, -0.2) is 12.5 Å². The highest BCUT2D eigenvalue weighted by atomic mass is 79.9. The number of halogens is 3. The monoisotopic (exact) mass is 356 g/mol. The molecule has 0 spiro atoms. The Bertz CT molecular complexity index is 680. The van der Waals surface area contributed by atoms with Crippen LogP contribution < -0.4 is 15.8 Å². The fraction of sp³-hybridized carbons (Fsp3) is 0.0714. The molecule has 4 nitrogen and oxygen atoms in total. The van der Waals surface area contributed by atoms with Crippen molar-refractivity contribution in [2.75, 3.05) is 17.7 Å². The highest BCUT2D eigenvalue weighted by molar-refractivity contribution is 9.10. The molecule has 0 aliphatic carbocycles. The number of nitrogens with one attached hydrogen (secondary N) is 1. The third-order valence-electron chi connectivity index (χ3n) is 2.55. The fourth-order valence-corrected chi connectivity index (χ4v) is 1.90. The standard InChI is InChI=1S/C14H11BrF2N2O2/c15-10-6-9(2-3-11(10)17)21-7-14(20)19-13-5-8(16)1-4-12(13)18/h1-6H,7,18H2,(H,19,20). The Labute approximate surface area is 128 Å². The highest BCUT2D eigenvalue weighted by Crippen LogP contribution is 2.22. The zero-order valence-corrected chi connectivity index (χ0v) is 12.3. The van der Waals surface area contributed by atoms with Crippen molar-refractivity contribution < 1.29 is 18.3 Å². The van der Waals surface area contributed by atoms with Crippen LogP contribution in [0.1, 0.15) is 0 Å². The van der Waals surface area contributed by atoms with Crippen molar-refractivity contribution in [2.24, 2.45) is 0 Å². The molecule has 7 heteroatoms. The minimum absolute atomic E-state index is 0.170. The van der Waals surface area contributed by atoms with Crippen LogP contribution >= 0.6 is 15.9 Å². The predicted molar refractivity (Wildman–Crippen MR) is 79.0 cm³/mol. The van der Waals surface area contributed by atoms with E-state index >= 15 is 0 Å². The number of nitrogen functional groups attached to an aromatic ring is 1. The number of ether oxygens (including phenoxy) is 1. The van der Waals surface area contributed by atoms with E-state index in [-0.39, 0.29) is 22.5 Å². The molecule has 0 unspecified atom stereocenters. The van der Waals surface area contributed by atoms with Crippen molar-refractivity contribution >= 4 is 33.2 Å². The molecule has 110 valence electrons. The van der Waals surface area contributed by atoms with Crippen LogP contribution in [-0.2, 0) is 4.79 Å². The molecule has 0 atom stereocenters. The largest absolute Gasteiger partial charge is 0.484 e. The molecule has 0 radical (unpaired) electrons. The number of carbonyl (C=O) groups excluding carboxylic acids is 1. The zero-order chi connectivity index (χ0) is 15.4. The maximum atomic E-state index is 13.1. The lowest BCUT2D eigenvalue weighted by molar-refractivity contribution is -0.118. The van der Waals surface area contributed by atoms with Gasteiger partial charge in [0.15, 0.2) is 6.61 Å². The smallest absolute Gasteiger partial charge is 0.262 e. The molecule has 1 amide bonds. The fourth-order valence-electron chi connectivity index (χ4n) is 1.54. The maximum Gasteiger partial charge on any atom is 0.262 e. The molecule has 0 heterocycles. The quantitative estimate of drug-likeness (QED) is 0.825. The number of hydrogen-bond acceptors (Lipinski definition) is 3. The lowest BCUT2D eigenvalue weighted by atomic mass is 10.2. The van der Waals surface area contributed by atoms with Gasteiger partial charge in [0.1, 0.15) is 17.4 Å². The van der Waals surface area contributed by atoms with E-state index in [0.717, 1.165) is 6.07 Å². The molecule has 0 saturated heterocycles. The summed E-state index contributed by atoms with van der Waals surface area (Å²) in [7, 11) is 0. The second kappa shape index (κ2) is 6.53. The van der Waals surface area contributed by atoms with Crippen molar-refractivity contribution in [3.63, 3.8) is 0 Å². The topological polar surface area (TPSA) is 64.3 Å². The molecule has 0 fully saturated rings. The Balaban J connectivity index is 1.95. The average molecular weight is 357 g/mol. The number of hydrogen-bond donors (Lipinski definition) is 2. The summed E-state index contributed by atoms with van der Waals surface area (Å²) in [4.78, 5) is 11.7. The number of benzene rings is 2. The summed E-state index contributed by atoms with van der Waals surface area (Å²) in [5.41, 5.74) is 6.03. The van der Waals surface area contributed by atoms with Gasteiger partial charge in [0.05, 0.1) is 15.8 Å². The first kappa shape index (κ1) is 15.2. The van der Waals surface area contributed by atoms with E-state index in [0.29, 0.717) is 5.75 Å². The van der Waals surface area contributed by atoms with Crippen LogP contribution in [0.5, 0.6) is 5.75 Å². The van der Waals surface area contributed by atoms with Gasteiger partial charge in [-0.05, 0) is 52.3 Å². The van der Waals surface area contributed by atoms with Gasteiger partial charge in [0.2, 0.25) is 0 Å². The Kier molecular flexibility index (Phi) is 4.74. The molecule has 0 saturated carbocycles. The van der Waals surface area contributed by atoms with Crippen molar-refractivity contribution in [1.29, 1.82) is 0 Å². The lowest BCUT2D eigenvalue weighted by Gasteiger charge is -2.10. The summed E-state index contributed by atoms with van der Waals surface area (Å²) in [6.07, 6.45) is 0. The Morgan fingerprint density at radius 3 is 2.71 bits per heavy atom. The minimum atomic E-state index is -0.511. The molecule has 21 heavy (non-hydrogen) atoms. The number of carbonyl (C=O) groups is 1. The molecule has 2 aromatic rings. The van der Waals surface area contributed by atoms with Gasteiger partial charge in [-0.25, -0.2) is 8.78 Å². The van der Waals surface area contributed by atoms with Gasteiger partial charge in [-0.2, -0.15) is 0 Å². The van der Waals surface area contributed by atoms with Gasteiger partial charge in [0, 0.05) is 0 Å². The summed E-state index contributed by atoms with van der Waals surface area (Å²) in [5.74, 6) is -1.12. The Hall–Kier alpha value is -2.15. The molecule has 0 aliphatic heterocycles. The van der Waals surface area contributed by atoms with Gasteiger partial charge < -0.3 is 15.8 Å². The normalized spacial score (nSPS) is 10.2. The summed E-state index contributed by atoms with van der Waals surface area (Å²) >= 11 is 3.01. The number of amides is 1. The summed E-state index contributed by atoms with van der Waals surface area (Å²) in [5, 5.41) is 2.43. The van der Waals surface area contributed by atoms with Crippen LogP contribution in [0, 0.1) is 11.6 Å². The van der Waals surface area contributed by atoms with Gasteiger partial charge in [0.25, 0.3) is 5.91 Å². The number of anilines is 2. The summed E-state index contributed by atoms with van der Waals surface area (Å²) < 4.78 is 31.5. The third kappa shape index (κ3) is 4.16. The molecule has 0 aromatic heterocycles. The first-order valence-electron chi connectivity index (χ1n) is 5.88. The van der Waals surface area contributed by atoms with Crippen LogP contribution in [0.4, 0.5) is 20.2 Å². The Morgan fingerprint density at radius 1 is 1.24 bits per heavy atom. The average Bonchev–Trinajstić information content (AvgIpc) is 2.44. The molecule has 2 rings (SSSR count). The van der Waals surface area contributed by atoms with E-state index in [1.54, 1.807) is 0 Å². The van der Waals surface area contributed by atoms with E-state index in [1.807, 2.05) is 0 Å². The second-order valence-electron chi connectivity index (χ2n) is 4.14. The second-order valence-corrected chi connectivity index (χ2v) is 5.00. The predicted octanol–water partition coefficient (Wildman–Crippen LogP) is 3.33. The van der Waals surface area contributed by atoms with Crippen LogP contribution in [0.15, 0.2) is 40.9 Å². The molecule has 2 aromatic carbocycles. The molecular weight excluding hydrogens is 346 g/mol. The third-order valence-corrected chi connectivity index (χ3v) is 3.16. The molecule has 0 bridgehead atoms. The van der Waals surface area contributed by atoms with Crippen molar-refractivity contribution in [1.82, 2.24) is 0 Å². The van der Waals surface area contributed by atoms with Crippen LogP contribution in [0.25, 0.3) is 0 Å². The van der Waals surface area contributed by atoms with E-state index in [4.69, 9.17) is 10.5 Å². The van der Waals surface area contributed by atoms with Crippen LogP contribution in [0.2, 0.25) is 0 Å². The van der Waals surface area contributed by atoms with E-state index < -0.39 is 17.5 Å². The van der Waals surface area contributed by atoms with Crippen LogP contribution in [0.3, 0.4) is 0 Å². The maximum absolute atomic E-state index is 13.1. The van der Waals surface area contributed by atoms with Crippen molar-refractivity contribution in [3.05, 3.63) is 52.5 Å². The van der Waals surface area contributed by atoms with Crippen molar-refractivity contribution in [2.45, 2.75) is 0 Å². The van der Waals surface area contributed by atoms with E-state index in [1.165, 1.54) is 30.3 Å². The van der Waals surface area contributed by atoms with Gasteiger partial charge in [-0.15, -0.1) is 0 Å². The van der Waals surface area contributed by atoms with Crippen molar-refractivity contribution in [3.8, 4) is 5.75 Å². The van der Waals surface area contributed by atoms with Gasteiger partial charge in [-0.1, -0.05) is 0 Å². The summed E-state index contributed by atoms with van der Waals surface area (Å²) in [6.45, 7) is -0.311. The molecular formula is C14H11BrF2N2O2. The molecule has 3 N–H and O–H groups in total. The summed E-state index contributed by atoms with van der Waals surface area (Å²) in [6, 6.07) is 7.66. The molecule has 0 aliphatic rings. The number of rotatable bonds is 4. The van der Waals surface area contributed by atoms with E-state index in [2.05, 4.69) is 21.2 Å². The first-order chi connectivity index (χ1) is 9.95. The zero-order valence-electron chi connectivity index (χ0n) is 10.7. The highest BCUT2D eigenvalue weighted by Gasteiger charge is 2.08. The first-order valence-corrected chi connectivity index (χ1v) is 6.68. The number of nitrogens with two attached hydrogens (primary N) is 1. The van der Waals surface area contributed by atoms with E-state index in [9.17, 15) is 13.6 Å². The van der Waals surface area contributed by atoms with Gasteiger partial charge in [-0.3, -0.25) is 4.79 Å². The SMILES string of the molecule is Nc1ccc(F)cc1NC(=O)COc1ccc(F)c(Br)c1. The Morgan fingerprint density at radius 2 is 2.00 bits per heavy atom.